The standard InChI is InChI=1S/C25H24N2O2/c1-3-27-22-16-23(29-4-2)20(18-11-7-5-8-12-18)15-21(22)25(26-17-24(27)28)19-13-9-6-10-14-19/h5-16H,3-4,17H2,1-2H3. The van der Waals surface area contributed by atoms with Gasteiger partial charge in [-0.1, -0.05) is 60.7 Å². The second-order valence-corrected chi connectivity index (χ2v) is 6.83. The highest BCUT2D eigenvalue weighted by atomic mass is 16.5. The van der Waals surface area contributed by atoms with Gasteiger partial charge < -0.3 is 9.64 Å². The van der Waals surface area contributed by atoms with E-state index in [0.717, 1.165) is 39.4 Å². The summed E-state index contributed by atoms with van der Waals surface area (Å²) in [6, 6.07) is 24.3. The molecule has 0 fully saturated rings. The smallest absolute Gasteiger partial charge is 0.248 e. The zero-order valence-electron chi connectivity index (χ0n) is 16.8. The second-order valence-electron chi connectivity index (χ2n) is 6.83. The minimum absolute atomic E-state index is 0.00501. The normalized spacial score (nSPS) is 13.5. The Bertz CT molecular complexity index is 1040. The number of likely N-dealkylation sites (N-methyl/N-ethyl adjacent to an activating group) is 1. The van der Waals surface area contributed by atoms with Crippen molar-refractivity contribution in [2.24, 2.45) is 4.99 Å². The minimum atomic E-state index is -0.00501. The maximum absolute atomic E-state index is 12.8. The first-order valence-corrected chi connectivity index (χ1v) is 9.99. The lowest BCUT2D eigenvalue weighted by Gasteiger charge is -2.24. The van der Waals surface area contributed by atoms with Gasteiger partial charge >= 0.3 is 0 Å². The van der Waals surface area contributed by atoms with Gasteiger partial charge in [-0.05, 0) is 25.5 Å². The molecule has 29 heavy (non-hydrogen) atoms. The van der Waals surface area contributed by atoms with E-state index in [2.05, 4.69) is 18.2 Å². The number of ether oxygens (including phenoxy) is 1. The van der Waals surface area contributed by atoms with Crippen molar-refractivity contribution in [3.05, 3.63) is 83.9 Å². The number of fused-ring (bicyclic) bond motifs is 1. The third-order valence-corrected chi connectivity index (χ3v) is 5.07. The van der Waals surface area contributed by atoms with E-state index in [0.29, 0.717) is 13.2 Å². The molecule has 0 aromatic heterocycles. The van der Waals surface area contributed by atoms with Crippen molar-refractivity contribution in [3.8, 4) is 16.9 Å². The van der Waals surface area contributed by atoms with Gasteiger partial charge in [-0.15, -0.1) is 0 Å². The summed E-state index contributed by atoms with van der Waals surface area (Å²) >= 11 is 0. The molecule has 1 amide bonds. The van der Waals surface area contributed by atoms with Gasteiger partial charge in [0.25, 0.3) is 0 Å². The molecule has 4 rings (SSSR count). The zero-order valence-corrected chi connectivity index (χ0v) is 16.8. The molecule has 1 aliphatic heterocycles. The summed E-state index contributed by atoms with van der Waals surface area (Å²) in [4.78, 5) is 19.3. The maximum Gasteiger partial charge on any atom is 0.248 e. The number of hydrogen-bond acceptors (Lipinski definition) is 3. The molecular weight excluding hydrogens is 360 g/mol. The van der Waals surface area contributed by atoms with Crippen molar-refractivity contribution in [3.63, 3.8) is 0 Å². The van der Waals surface area contributed by atoms with Crippen LogP contribution >= 0.6 is 0 Å². The fraction of sp³-hybridized carbons (Fsp3) is 0.200. The SMILES string of the molecule is CCOc1cc2c(cc1-c1ccccc1)C(c1ccccc1)=NCC(=O)N2CC. The van der Waals surface area contributed by atoms with Gasteiger partial charge in [0.15, 0.2) is 0 Å². The molecule has 0 saturated heterocycles. The number of aliphatic imine (C=N–C) groups is 1. The highest BCUT2D eigenvalue weighted by Crippen LogP contribution is 2.38. The van der Waals surface area contributed by atoms with Gasteiger partial charge in [0.1, 0.15) is 12.3 Å². The van der Waals surface area contributed by atoms with Gasteiger partial charge in [-0.3, -0.25) is 9.79 Å². The van der Waals surface area contributed by atoms with Crippen LogP contribution in [0.1, 0.15) is 25.0 Å². The summed E-state index contributed by atoms with van der Waals surface area (Å²) in [7, 11) is 0. The van der Waals surface area contributed by atoms with Crippen LogP contribution in [0.4, 0.5) is 5.69 Å². The van der Waals surface area contributed by atoms with Crippen molar-refractivity contribution >= 4 is 17.3 Å². The van der Waals surface area contributed by atoms with E-state index in [4.69, 9.17) is 9.73 Å². The second kappa shape index (κ2) is 8.31. The topological polar surface area (TPSA) is 41.9 Å². The molecule has 0 saturated carbocycles. The van der Waals surface area contributed by atoms with Crippen molar-refractivity contribution in [1.82, 2.24) is 0 Å². The van der Waals surface area contributed by atoms with Crippen LogP contribution in [0.15, 0.2) is 77.8 Å². The molecule has 3 aromatic carbocycles. The van der Waals surface area contributed by atoms with E-state index >= 15 is 0 Å². The average Bonchev–Trinajstić information content (AvgIpc) is 2.90. The van der Waals surface area contributed by atoms with Crippen LogP contribution in [0.25, 0.3) is 11.1 Å². The molecule has 1 heterocycles. The Balaban J connectivity index is 1.99. The molecule has 146 valence electrons. The predicted octanol–water partition coefficient (Wildman–Crippen LogP) is 4.96. The van der Waals surface area contributed by atoms with Gasteiger partial charge in [-0.2, -0.15) is 0 Å². The Hall–Kier alpha value is -3.40. The number of rotatable bonds is 5. The van der Waals surface area contributed by atoms with Crippen LogP contribution in [0.3, 0.4) is 0 Å². The molecule has 0 aliphatic carbocycles. The van der Waals surface area contributed by atoms with Gasteiger partial charge in [0.05, 0.1) is 18.0 Å². The number of carbonyl (C=O) groups excluding carboxylic acids is 1. The number of hydrogen-bond donors (Lipinski definition) is 0. The van der Waals surface area contributed by atoms with E-state index in [1.165, 1.54) is 0 Å². The molecule has 4 nitrogen and oxygen atoms in total. The molecule has 0 radical (unpaired) electrons. The summed E-state index contributed by atoms with van der Waals surface area (Å²) in [5, 5.41) is 0. The van der Waals surface area contributed by atoms with Crippen LogP contribution < -0.4 is 9.64 Å². The Labute approximate surface area is 171 Å². The third-order valence-electron chi connectivity index (χ3n) is 5.07. The van der Waals surface area contributed by atoms with Crippen LogP contribution in [0.5, 0.6) is 5.75 Å². The number of carbonyl (C=O) groups is 1. The summed E-state index contributed by atoms with van der Waals surface area (Å²) in [6.45, 7) is 5.23. The number of nitrogens with zero attached hydrogens (tertiary/aromatic N) is 2. The van der Waals surface area contributed by atoms with Gasteiger partial charge in [-0.25, -0.2) is 0 Å². The molecule has 0 atom stereocenters. The Morgan fingerprint density at radius 2 is 1.55 bits per heavy atom. The minimum Gasteiger partial charge on any atom is -0.493 e. The summed E-state index contributed by atoms with van der Waals surface area (Å²) in [6.07, 6.45) is 0. The number of amides is 1. The summed E-state index contributed by atoms with van der Waals surface area (Å²) in [5.41, 5.74) is 5.71. The summed E-state index contributed by atoms with van der Waals surface area (Å²) in [5.74, 6) is 0.771. The number of anilines is 1. The fourth-order valence-electron chi connectivity index (χ4n) is 3.74. The Morgan fingerprint density at radius 3 is 2.17 bits per heavy atom. The first-order valence-electron chi connectivity index (χ1n) is 9.99. The molecule has 3 aromatic rings. The van der Waals surface area contributed by atoms with Crippen molar-refractivity contribution in [2.75, 3.05) is 24.6 Å². The first kappa shape index (κ1) is 18.9. The third kappa shape index (κ3) is 3.66. The van der Waals surface area contributed by atoms with Crippen molar-refractivity contribution in [1.29, 1.82) is 0 Å². The van der Waals surface area contributed by atoms with Crippen molar-refractivity contribution in [2.45, 2.75) is 13.8 Å². The van der Waals surface area contributed by atoms with Gasteiger partial charge in [0.2, 0.25) is 5.91 Å². The van der Waals surface area contributed by atoms with Crippen LogP contribution in [0.2, 0.25) is 0 Å². The quantitative estimate of drug-likeness (QED) is 0.624. The lowest BCUT2D eigenvalue weighted by molar-refractivity contribution is -0.117. The fourth-order valence-corrected chi connectivity index (χ4v) is 3.74. The maximum atomic E-state index is 12.8. The largest absolute Gasteiger partial charge is 0.493 e. The lowest BCUT2D eigenvalue weighted by Crippen LogP contribution is -2.32. The van der Waals surface area contributed by atoms with E-state index in [9.17, 15) is 4.79 Å². The van der Waals surface area contributed by atoms with Crippen LogP contribution in [0, 0.1) is 0 Å². The highest BCUT2D eigenvalue weighted by molar-refractivity contribution is 6.20. The van der Waals surface area contributed by atoms with E-state index in [1.807, 2.05) is 68.4 Å². The Morgan fingerprint density at radius 1 is 0.897 bits per heavy atom. The van der Waals surface area contributed by atoms with E-state index in [-0.39, 0.29) is 12.5 Å². The number of benzene rings is 3. The predicted molar refractivity (Wildman–Crippen MR) is 118 cm³/mol. The number of benzodiazepines with no additional fused rings is 1. The summed E-state index contributed by atoms with van der Waals surface area (Å²) < 4.78 is 5.99. The molecule has 0 unspecified atom stereocenters. The molecule has 4 heteroatoms. The van der Waals surface area contributed by atoms with Crippen molar-refractivity contribution < 1.29 is 9.53 Å². The molecule has 0 spiro atoms. The lowest BCUT2D eigenvalue weighted by atomic mass is 9.94. The first-order chi connectivity index (χ1) is 14.2. The molecule has 0 N–H and O–H groups in total. The van der Waals surface area contributed by atoms with Crippen LogP contribution in [-0.4, -0.2) is 31.3 Å². The van der Waals surface area contributed by atoms with E-state index in [1.54, 1.807) is 4.90 Å². The monoisotopic (exact) mass is 384 g/mol. The van der Waals surface area contributed by atoms with Gasteiger partial charge in [0, 0.05) is 29.3 Å². The highest BCUT2D eigenvalue weighted by Gasteiger charge is 2.26. The average molecular weight is 384 g/mol. The van der Waals surface area contributed by atoms with Crippen LogP contribution in [-0.2, 0) is 4.79 Å². The molecular formula is C25H24N2O2. The Kier molecular flexibility index (Phi) is 5.43. The zero-order chi connectivity index (χ0) is 20.2. The van der Waals surface area contributed by atoms with E-state index < -0.39 is 0 Å². The molecule has 1 aliphatic rings. The molecule has 0 bridgehead atoms.